The standard InChI is InChI=1S/C40H46N8O4/c1-24-29(9-7-11-31(24)43-36-35-27(13-16-41-36)19-26(20-42-35)21-47-17-14-28(49)22-47)30-10-8-12-32(25(30)2)45-38(50)37-44-33-23-48(18-15-34(33)46(37)6)39(51)52-40(3,4)5/h7-13,16,19-20,28,49H,14-15,17-18,21-23H2,1-6H3,(H,41,43)(H,45,50)/t28-/m1/s1. The van der Waals surface area contributed by atoms with Gasteiger partial charge in [-0.1, -0.05) is 24.3 Å². The molecule has 12 heteroatoms. The molecule has 3 aromatic heterocycles. The van der Waals surface area contributed by atoms with Crippen LogP contribution in [0.2, 0.25) is 0 Å². The summed E-state index contributed by atoms with van der Waals surface area (Å²) in [5, 5.41) is 17.5. The summed E-state index contributed by atoms with van der Waals surface area (Å²) in [5.74, 6) is 0.649. The minimum Gasteiger partial charge on any atom is -0.444 e. The van der Waals surface area contributed by atoms with Gasteiger partial charge in [-0.25, -0.2) is 14.8 Å². The molecule has 2 aliphatic heterocycles. The fraction of sp³-hybridized carbons (Fsp3) is 0.375. The second-order valence-corrected chi connectivity index (χ2v) is 14.8. The van der Waals surface area contributed by atoms with E-state index < -0.39 is 5.60 Å². The molecule has 0 bridgehead atoms. The van der Waals surface area contributed by atoms with Crippen LogP contribution in [0.3, 0.4) is 0 Å². The average molecular weight is 703 g/mol. The van der Waals surface area contributed by atoms with E-state index in [4.69, 9.17) is 9.72 Å². The van der Waals surface area contributed by atoms with Gasteiger partial charge in [0.2, 0.25) is 0 Å². The van der Waals surface area contributed by atoms with Gasteiger partial charge in [-0.3, -0.25) is 14.7 Å². The van der Waals surface area contributed by atoms with Gasteiger partial charge in [0.25, 0.3) is 5.91 Å². The van der Waals surface area contributed by atoms with Crippen LogP contribution in [0.4, 0.5) is 22.0 Å². The van der Waals surface area contributed by atoms with Gasteiger partial charge in [0.15, 0.2) is 11.6 Å². The van der Waals surface area contributed by atoms with Crippen LogP contribution in [0.1, 0.15) is 65.9 Å². The number of nitrogens with one attached hydrogen (secondary N) is 2. The van der Waals surface area contributed by atoms with Crippen molar-refractivity contribution in [2.45, 2.75) is 72.3 Å². The second kappa shape index (κ2) is 14.0. The highest BCUT2D eigenvalue weighted by atomic mass is 16.6. The van der Waals surface area contributed by atoms with Gasteiger partial charge in [0.05, 0.1) is 18.3 Å². The van der Waals surface area contributed by atoms with Gasteiger partial charge in [0, 0.05) is 74.5 Å². The summed E-state index contributed by atoms with van der Waals surface area (Å²) in [6.45, 7) is 12.7. The molecule has 5 aromatic rings. The molecule has 1 atom stereocenters. The molecular weight excluding hydrogens is 656 g/mol. The Hall–Kier alpha value is -5.33. The summed E-state index contributed by atoms with van der Waals surface area (Å²) < 4.78 is 7.38. The maximum Gasteiger partial charge on any atom is 0.410 e. The first kappa shape index (κ1) is 35.1. The van der Waals surface area contributed by atoms with Crippen LogP contribution in [0.25, 0.3) is 22.0 Å². The first-order valence-electron chi connectivity index (χ1n) is 17.8. The lowest BCUT2D eigenvalue weighted by atomic mass is 9.94. The molecule has 0 unspecified atom stereocenters. The van der Waals surface area contributed by atoms with Crippen LogP contribution in [-0.2, 0) is 31.3 Å². The second-order valence-electron chi connectivity index (χ2n) is 14.8. The molecule has 52 heavy (non-hydrogen) atoms. The van der Waals surface area contributed by atoms with Crippen LogP contribution in [0, 0.1) is 13.8 Å². The van der Waals surface area contributed by atoms with Gasteiger partial charge < -0.3 is 29.9 Å². The number of nitrogens with zero attached hydrogens (tertiary/aromatic N) is 6. The largest absolute Gasteiger partial charge is 0.444 e. The lowest BCUT2D eigenvalue weighted by molar-refractivity contribution is 0.0220. The van der Waals surface area contributed by atoms with Gasteiger partial charge in [-0.05, 0) is 93.1 Å². The van der Waals surface area contributed by atoms with Gasteiger partial charge in [-0.2, -0.15) is 0 Å². The molecule has 2 aromatic carbocycles. The number of carbonyl (C=O) groups excluding carboxylic acids is 2. The van der Waals surface area contributed by atoms with Crippen molar-refractivity contribution in [2.75, 3.05) is 30.3 Å². The van der Waals surface area contributed by atoms with Crippen LogP contribution < -0.4 is 10.6 Å². The number of ether oxygens (including phenoxy) is 1. The lowest BCUT2D eigenvalue weighted by Gasteiger charge is -2.29. The maximum atomic E-state index is 13.7. The molecule has 0 spiro atoms. The van der Waals surface area contributed by atoms with Crippen LogP contribution >= 0.6 is 0 Å². The minimum absolute atomic E-state index is 0.254. The summed E-state index contributed by atoms with van der Waals surface area (Å²) in [6, 6.07) is 16.1. The molecular formula is C40H46N8O4. The molecule has 0 saturated carbocycles. The van der Waals surface area contributed by atoms with Crippen molar-refractivity contribution in [3.05, 3.63) is 94.8 Å². The van der Waals surface area contributed by atoms with E-state index in [9.17, 15) is 14.7 Å². The highest BCUT2D eigenvalue weighted by Crippen LogP contribution is 2.35. The van der Waals surface area contributed by atoms with Crippen molar-refractivity contribution < 1.29 is 19.4 Å². The highest BCUT2D eigenvalue weighted by molar-refractivity contribution is 6.03. The number of aliphatic hydroxyl groups is 1. The van der Waals surface area contributed by atoms with Gasteiger partial charge in [0.1, 0.15) is 11.1 Å². The molecule has 270 valence electrons. The van der Waals surface area contributed by atoms with E-state index in [1.807, 2.05) is 75.8 Å². The van der Waals surface area contributed by atoms with Gasteiger partial charge >= 0.3 is 6.09 Å². The minimum atomic E-state index is -0.591. The van der Waals surface area contributed by atoms with E-state index in [2.05, 4.69) is 50.6 Å². The third kappa shape index (κ3) is 7.21. The lowest BCUT2D eigenvalue weighted by Crippen LogP contribution is -2.40. The van der Waals surface area contributed by atoms with Crippen LogP contribution in [0.15, 0.2) is 60.9 Å². The Labute approximate surface area is 303 Å². The Kier molecular flexibility index (Phi) is 9.45. The van der Waals surface area contributed by atoms with E-state index >= 15 is 0 Å². The van der Waals surface area contributed by atoms with Crippen molar-refractivity contribution in [1.29, 1.82) is 0 Å². The third-order valence-corrected chi connectivity index (χ3v) is 9.88. The summed E-state index contributed by atoms with van der Waals surface area (Å²) in [4.78, 5) is 44.4. The summed E-state index contributed by atoms with van der Waals surface area (Å²) in [5.41, 5.74) is 8.51. The van der Waals surface area contributed by atoms with Crippen molar-refractivity contribution in [1.82, 2.24) is 29.3 Å². The molecule has 0 aliphatic carbocycles. The predicted octanol–water partition coefficient (Wildman–Crippen LogP) is 6.50. The van der Waals surface area contributed by atoms with Crippen molar-refractivity contribution in [3.8, 4) is 11.1 Å². The van der Waals surface area contributed by atoms with E-state index in [1.165, 1.54) is 0 Å². The van der Waals surface area contributed by atoms with E-state index in [0.717, 1.165) is 69.6 Å². The van der Waals surface area contributed by atoms with Crippen molar-refractivity contribution in [2.24, 2.45) is 7.05 Å². The summed E-state index contributed by atoms with van der Waals surface area (Å²) in [7, 11) is 1.84. The molecule has 2 amide bonds. The van der Waals surface area contributed by atoms with Crippen molar-refractivity contribution in [3.63, 3.8) is 0 Å². The smallest absolute Gasteiger partial charge is 0.410 e. The summed E-state index contributed by atoms with van der Waals surface area (Å²) >= 11 is 0. The Morgan fingerprint density at radius 1 is 1.00 bits per heavy atom. The molecule has 3 N–H and O–H groups in total. The summed E-state index contributed by atoms with van der Waals surface area (Å²) in [6.07, 6.45) is 4.44. The number of hydrogen-bond acceptors (Lipinski definition) is 9. The number of aliphatic hydroxyl groups excluding tert-OH is 1. The number of anilines is 3. The Bertz CT molecular complexity index is 2170. The zero-order valence-corrected chi connectivity index (χ0v) is 30.7. The molecule has 2 aliphatic rings. The zero-order valence-electron chi connectivity index (χ0n) is 30.7. The van der Waals surface area contributed by atoms with E-state index in [-0.39, 0.29) is 18.1 Å². The fourth-order valence-electron chi connectivity index (χ4n) is 7.14. The molecule has 0 radical (unpaired) electrons. The number of imidazole rings is 1. The molecule has 1 fully saturated rings. The van der Waals surface area contributed by atoms with Gasteiger partial charge in [-0.15, -0.1) is 0 Å². The van der Waals surface area contributed by atoms with Crippen LogP contribution in [0.5, 0.6) is 0 Å². The molecule has 1 saturated heterocycles. The molecule has 5 heterocycles. The number of aromatic nitrogens is 4. The quantitative estimate of drug-likeness (QED) is 0.174. The fourth-order valence-corrected chi connectivity index (χ4v) is 7.14. The number of carbonyl (C=O) groups is 2. The first-order chi connectivity index (χ1) is 24.8. The number of benzene rings is 2. The molecule has 7 rings (SSSR count). The maximum absolute atomic E-state index is 13.7. The SMILES string of the molecule is Cc1c(NC(=O)c2nc3c(n2C)CCN(C(=O)OC(C)(C)C)C3)cccc1-c1cccc(Nc2nccc3cc(CN4CC[C@@H](O)C4)cnc23)c1C. The monoisotopic (exact) mass is 702 g/mol. The molecule has 12 nitrogen and oxygen atoms in total. The topological polar surface area (TPSA) is 138 Å². The zero-order chi connectivity index (χ0) is 36.7. The number of pyridine rings is 2. The Morgan fingerprint density at radius 3 is 2.44 bits per heavy atom. The van der Waals surface area contributed by atoms with E-state index in [0.29, 0.717) is 49.1 Å². The highest BCUT2D eigenvalue weighted by Gasteiger charge is 2.30. The Morgan fingerprint density at radius 2 is 1.73 bits per heavy atom. The number of amides is 2. The predicted molar refractivity (Wildman–Crippen MR) is 202 cm³/mol. The first-order valence-corrected chi connectivity index (χ1v) is 17.8. The number of likely N-dealkylation sites (tertiary alicyclic amines) is 1. The average Bonchev–Trinajstić information content (AvgIpc) is 3.67. The normalized spacial score (nSPS) is 16.2. The number of β-amino-alcohol motifs (C(OH)–C–C–N with tert-alkyl or cyclic N) is 1. The number of hydrogen-bond donors (Lipinski definition) is 3. The van der Waals surface area contributed by atoms with E-state index in [1.54, 1.807) is 11.1 Å². The van der Waals surface area contributed by atoms with Crippen LogP contribution in [-0.4, -0.2) is 77.8 Å². The Balaban J connectivity index is 1.09. The third-order valence-electron chi connectivity index (χ3n) is 9.88. The number of fused-ring (bicyclic) bond motifs is 2. The number of rotatable bonds is 7. The van der Waals surface area contributed by atoms with Crippen molar-refractivity contribution >= 4 is 40.1 Å².